The predicted octanol–water partition coefficient (Wildman–Crippen LogP) is -4.40. The van der Waals surface area contributed by atoms with Crippen LogP contribution in [-0.2, 0) is 4.89 Å². The zero-order valence-corrected chi connectivity index (χ0v) is 5.92. The molecule has 0 atom stereocenters. The van der Waals surface area contributed by atoms with Crippen LogP contribution < -0.4 is 40.4 Å². The first-order chi connectivity index (χ1) is 2.81. The van der Waals surface area contributed by atoms with Crippen molar-refractivity contribution >= 4 is 0 Å². The molecule has 0 amide bonds. The number of hydrogen-bond donors (Lipinski definition) is 2. The molecule has 7 heavy (non-hydrogen) atoms. The van der Waals surface area contributed by atoms with Crippen LogP contribution in [0.3, 0.4) is 0 Å². The zero-order chi connectivity index (χ0) is 4.99. The average molecular weight is 113 g/mol. The van der Waals surface area contributed by atoms with Crippen LogP contribution in [0, 0.1) is 0 Å². The van der Waals surface area contributed by atoms with Gasteiger partial charge in [-0.3, -0.25) is 0 Å². The molecule has 0 saturated carbocycles. The Morgan fingerprint density at radius 2 is 2.29 bits per heavy atom. The Balaban J connectivity index is 0. The van der Waals surface area contributed by atoms with E-state index in [0.29, 0.717) is 6.20 Å². The Kier molecular flexibility index (Phi) is 8.85. The van der Waals surface area contributed by atoms with Gasteiger partial charge in [0, 0.05) is 6.20 Å². The van der Waals surface area contributed by atoms with Gasteiger partial charge in [0.25, 0.3) is 0 Å². The van der Waals surface area contributed by atoms with E-state index >= 15 is 0 Å². The van der Waals surface area contributed by atoms with E-state index in [-0.39, 0.29) is 29.6 Å². The third-order valence-corrected chi connectivity index (χ3v) is 0.226. The van der Waals surface area contributed by atoms with Crippen LogP contribution in [-0.4, -0.2) is 5.26 Å². The van der Waals surface area contributed by atoms with Gasteiger partial charge in [-0.1, -0.05) is 0 Å². The second-order valence-corrected chi connectivity index (χ2v) is 0.577. The van der Waals surface area contributed by atoms with Crippen molar-refractivity contribution in [3.05, 3.63) is 12.1 Å². The summed E-state index contributed by atoms with van der Waals surface area (Å²) < 4.78 is 0. The zero-order valence-electron chi connectivity index (χ0n) is 3.92. The van der Waals surface area contributed by atoms with Crippen molar-refractivity contribution in [1.82, 2.24) is 0 Å². The average Bonchev–Trinajstić information content (AvgIpc) is 1.65. The molecule has 0 heterocycles. The Morgan fingerprint density at radius 1 is 1.86 bits per heavy atom. The second kappa shape index (κ2) is 6.10. The molecule has 0 aromatic heterocycles. The Hall–Kier alpha value is 0.1000. The summed E-state index contributed by atoms with van der Waals surface area (Å²) in [6.45, 7) is 0. The Labute approximate surface area is 62.8 Å². The summed E-state index contributed by atoms with van der Waals surface area (Å²) in [4.78, 5) is 3.08. The molecule has 5 heteroatoms. The van der Waals surface area contributed by atoms with E-state index in [4.69, 9.17) is 5.26 Å². The largest absolute Gasteiger partial charge is 1.00 e. The molecule has 0 fully saturated rings. The Morgan fingerprint density at radius 3 is 2.29 bits per heavy atom. The topological polar surface area (TPSA) is 78.5 Å². The third kappa shape index (κ3) is 6.10. The number of nitrogens with two attached hydrogens (primary N) is 1. The molecule has 0 unspecified atom stereocenters. The number of hydrogen-bond acceptors (Lipinski definition) is 4. The fourth-order valence-corrected chi connectivity index (χ4v) is 0.0304. The van der Waals surface area contributed by atoms with Gasteiger partial charge in [-0.05, 0) is 0 Å². The SMILES string of the molecule is N/C=C(/[O-])OO.[Na+]. The van der Waals surface area contributed by atoms with Gasteiger partial charge < -0.3 is 21.0 Å². The van der Waals surface area contributed by atoms with E-state index in [9.17, 15) is 5.11 Å². The minimum Gasteiger partial charge on any atom is -0.542 e. The fraction of sp³-hybridized carbons (Fsp3) is 0. The minimum atomic E-state index is -0.949. The van der Waals surface area contributed by atoms with Crippen LogP contribution in [0.4, 0.5) is 0 Å². The molecule has 0 radical (unpaired) electrons. The van der Waals surface area contributed by atoms with Crippen LogP contribution in [0.25, 0.3) is 0 Å². The normalized spacial score (nSPS) is 9.57. The molecule has 0 bridgehead atoms. The maximum Gasteiger partial charge on any atom is 1.00 e. The molecule has 3 N–H and O–H groups in total. The predicted molar refractivity (Wildman–Crippen MR) is 16.0 cm³/mol. The second-order valence-electron chi connectivity index (χ2n) is 0.577. The van der Waals surface area contributed by atoms with Gasteiger partial charge in [-0.2, -0.15) is 0 Å². The Bertz CT molecular complexity index is 64.0. The summed E-state index contributed by atoms with van der Waals surface area (Å²) in [7, 11) is 0. The van der Waals surface area contributed by atoms with Crippen LogP contribution in [0.5, 0.6) is 0 Å². The van der Waals surface area contributed by atoms with Crippen LogP contribution in [0.15, 0.2) is 12.1 Å². The monoisotopic (exact) mass is 113 g/mol. The van der Waals surface area contributed by atoms with Crippen molar-refractivity contribution in [2.75, 3.05) is 0 Å². The van der Waals surface area contributed by atoms with Crippen molar-refractivity contribution in [3.8, 4) is 0 Å². The quantitative estimate of drug-likeness (QED) is 0.156. The molecule has 0 aliphatic heterocycles. The first-order valence-corrected chi connectivity index (χ1v) is 1.21. The van der Waals surface area contributed by atoms with E-state index in [1.165, 1.54) is 0 Å². The summed E-state index contributed by atoms with van der Waals surface area (Å²) in [5.74, 6) is -0.949. The summed E-state index contributed by atoms with van der Waals surface area (Å²) in [6.07, 6.45) is 0.611. The van der Waals surface area contributed by atoms with E-state index in [0.717, 1.165) is 0 Å². The van der Waals surface area contributed by atoms with E-state index in [2.05, 4.69) is 10.6 Å². The first-order valence-electron chi connectivity index (χ1n) is 1.21. The molecule has 0 aromatic rings. The smallest absolute Gasteiger partial charge is 0.542 e. The van der Waals surface area contributed by atoms with E-state index in [1.54, 1.807) is 0 Å². The molecular weight excluding hydrogens is 109 g/mol. The van der Waals surface area contributed by atoms with Gasteiger partial charge in [-0.15, -0.1) is 0 Å². The van der Waals surface area contributed by atoms with Crippen molar-refractivity contribution < 1.29 is 44.8 Å². The van der Waals surface area contributed by atoms with Crippen molar-refractivity contribution in [3.63, 3.8) is 0 Å². The number of rotatable bonds is 1. The van der Waals surface area contributed by atoms with Crippen LogP contribution >= 0.6 is 0 Å². The maximum absolute atomic E-state index is 9.53. The minimum absolute atomic E-state index is 0. The molecule has 36 valence electrons. The maximum atomic E-state index is 9.53. The van der Waals surface area contributed by atoms with Crippen LogP contribution in [0.1, 0.15) is 0 Å². The van der Waals surface area contributed by atoms with Crippen molar-refractivity contribution in [2.45, 2.75) is 0 Å². The van der Waals surface area contributed by atoms with Gasteiger partial charge in [0.2, 0.25) is 0 Å². The molecule has 0 rings (SSSR count). The molecule has 0 saturated heterocycles. The molecule has 0 aliphatic rings. The summed E-state index contributed by atoms with van der Waals surface area (Å²) in [5, 5.41) is 16.9. The molecule has 0 spiro atoms. The summed E-state index contributed by atoms with van der Waals surface area (Å²) in [6, 6.07) is 0. The molecule has 0 aromatic carbocycles. The van der Waals surface area contributed by atoms with E-state index in [1.807, 2.05) is 0 Å². The summed E-state index contributed by atoms with van der Waals surface area (Å²) in [5.41, 5.74) is 4.52. The van der Waals surface area contributed by atoms with Gasteiger partial charge in [0.1, 0.15) is 0 Å². The van der Waals surface area contributed by atoms with Gasteiger partial charge in [-0.25, -0.2) is 0 Å². The first kappa shape index (κ1) is 10.2. The fourth-order valence-electron chi connectivity index (χ4n) is 0.0304. The van der Waals surface area contributed by atoms with Crippen LogP contribution in [0.2, 0.25) is 0 Å². The summed E-state index contributed by atoms with van der Waals surface area (Å²) >= 11 is 0. The van der Waals surface area contributed by atoms with E-state index < -0.39 is 5.95 Å². The molecule has 0 aliphatic carbocycles. The van der Waals surface area contributed by atoms with Gasteiger partial charge >= 0.3 is 29.6 Å². The van der Waals surface area contributed by atoms with Gasteiger partial charge in [0.05, 0.1) is 5.95 Å². The molecular formula is C2H4NNaO3. The van der Waals surface area contributed by atoms with Gasteiger partial charge in [0.15, 0.2) is 0 Å². The third-order valence-electron chi connectivity index (χ3n) is 0.226. The van der Waals surface area contributed by atoms with Crippen molar-refractivity contribution in [1.29, 1.82) is 0 Å². The van der Waals surface area contributed by atoms with Crippen molar-refractivity contribution in [2.24, 2.45) is 5.73 Å². The molecule has 4 nitrogen and oxygen atoms in total. The standard InChI is InChI=1S/C2H5NO3.Na/c3-1-2(4)6-5;/h1,4-5H,3H2;/q;+1/p-1/b2-1-;.